The smallest absolute Gasteiger partial charge is 0.373 e. The summed E-state index contributed by atoms with van der Waals surface area (Å²) in [5, 5.41) is 2.00. The number of rotatable bonds is 16. The first kappa shape index (κ1) is 50.9. The third-order valence-electron chi connectivity index (χ3n) is 11.7. The fraction of sp³-hybridized carbons (Fsp3) is 0.404. The summed E-state index contributed by atoms with van der Waals surface area (Å²) in [4.78, 5) is 32.7. The Morgan fingerprint density at radius 1 is 0.937 bits per heavy atom. The summed E-state index contributed by atoms with van der Waals surface area (Å²) in [5.41, 5.74) is 15.4. The number of hydrogen-bond acceptors (Lipinski definition) is 7. The van der Waals surface area contributed by atoms with Crippen molar-refractivity contribution in [3.63, 3.8) is 0 Å². The van der Waals surface area contributed by atoms with Gasteiger partial charge in [0.25, 0.3) is 0 Å². The van der Waals surface area contributed by atoms with Crippen molar-refractivity contribution in [2.75, 3.05) is 50.8 Å². The topological polar surface area (TPSA) is 95.9 Å². The van der Waals surface area contributed by atoms with E-state index in [4.69, 9.17) is 61.3 Å². The molecule has 0 fully saturated rings. The van der Waals surface area contributed by atoms with Crippen molar-refractivity contribution in [2.45, 2.75) is 90.9 Å². The summed E-state index contributed by atoms with van der Waals surface area (Å²) in [7, 11) is 0. The molecule has 2 aliphatic heterocycles. The predicted molar refractivity (Wildman–Crippen MR) is 260 cm³/mol. The fourth-order valence-corrected chi connectivity index (χ4v) is 9.25. The molecule has 0 spiro atoms. The lowest BCUT2D eigenvalue weighted by Gasteiger charge is -2.26. The van der Waals surface area contributed by atoms with Crippen LogP contribution in [0.25, 0.3) is 0 Å². The van der Waals surface area contributed by atoms with Crippen LogP contribution in [-0.2, 0) is 25.2 Å². The molecule has 2 heterocycles. The largest absolute Gasteiger partial charge is 0.492 e. The van der Waals surface area contributed by atoms with Gasteiger partial charge in [0.2, 0.25) is 5.69 Å². The summed E-state index contributed by atoms with van der Waals surface area (Å²) in [6.45, 7) is 18.4. The van der Waals surface area contributed by atoms with Gasteiger partial charge in [-0.05, 0) is 113 Å². The van der Waals surface area contributed by atoms with Crippen molar-refractivity contribution in [1.82, 2.24) is 4.90 Å². The van der Waals surface area contributed by atoms with E-state index < -0.39 is 0 Å². The van der Waals surface area contributed by atoms with Crippen molar-refractivity contribution in [3.8, 4) is 18.1 Å². The zero-order valence-electron chi connectivity index (χ0n) is 37.6. The number of halogens is 3. The number of terminal acetylenes is 1. The number of ketones is 1. The molecule has 3 aromatic carbocycles. The van der Waals surface area contributed by atoms with Gasteiger partial charge in [-0.15, -0.1) is 6.42 Å². The van der Waals surface area contributed by atoms with E-state index in [9.17, 15) is 4.79 Å². The highest BCUT2D eigenvalue weighted by atomic mass is 35.5. The number of para-hydroxylation sites is 2. The van der Waals surface area contributed by atoms with E-state index in [0.29, 0.717) is 48.5 Å². The van der Waals surface area contributed by atoms with E-state index in [1.54, 1.807) is 25.1 Å². The zero-order chi connectivity index (χ0) is 46.2. The van der Waals surface area contributed by atoms with Gasteiger partial charge in [-0.2, -0.15) is 14.2 Å². The summed E-state index contributed by atoms with van der Waals surface area (Å²) in [6.07, 6.45) is 20.0. The van der Waals surface area contributed by atoms with Crippen molar-refractivity contribution < 1.29 is 23.7 Å². The molecule has 63 heavy (non-hydrogen) atoms. The van der Waals surface area contributed by atoms with Crippen molar-refractivity contribution >= 4 is 63.8 Å². The average molecular weight is 913 g/mol. The van der Waals surface area contributed by atoms with E-state index in [-0.39, 0.29) is 22.8 Å². The van der Waals surface area contributed by atoms with Gasteiger partial charge >= 0.3 is 6.15 Å². The maximum Gasteiger partial charge on any atom is 0.373 e. The molecule has 11 heteroatoms. The molecule has 0 saturated heterocycles. The van der Waals surface area contributed by atoms with Crippen LogP contribution in [0.4, 0.5) is 11.4 Å². The maximum absolute atomic E-state index is 11.9. The highest BCUT2D eigenvalue weighted by Gasteiger charge is 2.44. The third kappa shape index (κ3) is 13.2. The Morgan fingerprint density at radius 3 is 2.29 bits per heavy atom. The number of nitrogens with zero attached hydrogens (tertiary/aromatic N) is 3. The van der Waals surface area contributed by atoms with Crippen LogP contribution in [0.2, 0.25) is 10.0 Å². The molecule has 0 amide bonds. The van der Waals surface area contributed by atoms with E-state index in [1.165, 1.54) is 45.1 Å². The lowest BCUT2D eigenvalue weighted by molar-refractivity contribution is -0.436. The first-order valence-electron chi connectivity index (χ1n) is 21.7. The number of hydrogen-bond donors (Lipinski definition) is 1. The highest BCUT2D eigenvalue weighted by molar-refractivity contribution is 6.35. The van der Waals surface area contributed by atoms with Crippen molar-refractivity contribution in [2.24, 2.45) is 5.73 Å². The fourth-order valence-electron chi connectivity index (χ4n) is 8.48. The summed E-state index contributed by atoms with van der Waals surface area (Å²) in [6, 6.07) is 22.5. The molecule has 0 bridgehead atoms. The van der Waals surface area contributed by atoms with Crippen LogP contribution < -0.4 is 15.4 Å². The molecule has 0 atom stereocenters. The number of fused-ring (bicyclic) bond motifs is 2. The van der Waals surface area contributed by atoms with Gasteiger partial charge in [0.05, 0.1) is 30.0 Å². The molecule has 8 nitrogen and oxygen atoms in total. The Balaban J connectivity index is 0.000000318. The van der Waals surface area contributed by atoms with E-state index >= 15 is 0 Å². The van der Waals surface area contributed by atoms with Crippen LogP contribution in [-0.4, -0.2) is 73.0 Å². The number of nitrogens with two attached hydrogens (primary N) is 1. The number of ether oxygens (including phenoxy) is 1. The first-order valence-corrected chi connectivity index (χ1v) is 22.8. The second kappa shape index (κ2) is 24.4. The average Bonchev–Trinajstić information content (AvgIpc) is 3.61. The van der Waals surface area contributed by atoms with E-state index in [1.807, 2.05) is 0 Å². The summed E-state index contributed by atoms with van der Waals surface area (Å²) in [5.74, 6) is 3.52. The molecule has 0 saturated carbocycles. The number of benzene rings is 3. The minimum Gasteiger partial charge on any atom is -0.492 e. The lowest BCUT2D eigenvalue weighted by Crippen LogP contribution is -2.28. The van der Waals surface area contributed by atoms with Crippen molar-refractivity contribution in [3.05, 3.63) is 134 Å². The van der Waals surface area contributed by atoms with Crippen molar-refractivity contribution in [1.29, 1.82) is 0 Å². The number of carbonyl (C=O) groups is 1. The van der Waals surface area contributed by atoms with Crippen LogP contribution in [0.3, 0.4) is 0 Å². The zero-order valence-corrected chi connectivity index (χ0v) is 39.9. The molecular weight excluding hydrogens is 851 g/mol. The van der Waals surface area contributed by atoms with Gasteiger partial charge in [-0.3, -0.25) is 9.69 Å². The maximum atomic E-state index is 11.9. The van der Waals surface area contributed by atoms with Gasteiger partial charge in [-0.1, -0.05) is 103 Å². The van der Waals surface area contributed by atoms with Gasteiger partial charge in [0, 0.05) is 64.2 Å². The monoisotopic (exact) mass is 911 g/mol. The second-order valence-electron chi connectivity index (χ2n) is 16.8. The first-order chi connectivity index (χ1) is 30.2. The molecular formula is C52H62Cl3N4O4+. The summed E-state index contributed by atoms with van der Waals surface area (Å²) < 4.78 is 7.96. The number of carbonyl (C=O) groups excluding carboxylic acids is 3. The molecule has 3 aromatic rings. The third-order valence-corrected chi connectivity index (χ3v) is 12.7. The van der Waals surface area contributed by atoms with Crippen LogP contribution in [0.15, 0.2) is 113 Å². The molecule has 3 aliphatic rings. The van der Waals surface area contributed by atoms with Crippen LogP contribution in [0, 0.1) is 12.3 Å². The Bertz CT molecular complexity index is 2310. The van der Waals surface area contributed by atoms with Gasteiger partial charge in [0.15, 0.2) is 12.3 Å². The second-order valence-corrected chi connectivity index (χ2v) is 18.0. The Morgan fingerprint density at radius 2 is 1.62 bits per heavy atom. The molecule has 334 valence electrons. The molecule has 0 unspecified atom stereocenters. The van der Waals surface area contributed by atoms with Gasteiger partial charge in [0.1, 0.15) is 11.5 Å². The quantitative estimate of drug-likeness (QED) is 0.0869. The van der Waals surface area contributed by atoms with Crippen LogP contribution >= 0.6 is 34.8 Å². The number of anilines is 1. The van der Waals surface area contributed by atoms with Crippen LogP contribution in [0.1, 0.15) is 91.2 Å². The number of likely N-dealkylation sites (N-methyl/N-ethyl adjacent to an activating group) is 1. The van der Waals surface area contributed by atoms with E-state index in [0.717, 1.165) is 56.8 Å². The normalized spacial score (nSPS) is 17.2. The minimum absolute atomic E-state index is 0.0553. The number of allylic oxidation sites excluding steroid dienone is 8. The Hall–Kier alpha value is -4.71. The minimum atomic E-state index is -0.151. The summed E-state index contributed by atoms with van der Waals surface area (Å²) >= 11 is 19.0. The predicted octanol–water partition coefficient (Wildman–Crippen LogP) is 11.4. The Labute approximate surface area is 390 Å². The standard InChI is InChI=1S/C36H42ClN2O.C15H20Cl2N2O.CO2/c1-7-38-30-17-10-8-15-28(30)35(3,4)32(38)21-19-26-13-12-14-27(34(26)37)20-22-33-36(5,6)29-16-9-11-18-31(29)39(33)24-23-25(2)40;1-2-8-19(9-3-7-18)10-4-11-20-15-6-5-13(16)12-14(15)17;2-1-3/h8-11,15-22H,7,12-14,23-24H2,1-6H3;1,5-6,12H,3-4,7-11,18H2;/q+1;;. The van der Waals surface area contributed by atoms with Crippen LogP contribution in [0.5, 0.6) is 5.75 Å². The van der Waals surface area contributed by atoms with Gasteiger partial charge < -0.3 is 15.4 Å². The number of Topliss-reactive ketones (excluding diaryl/α,β-unsaturated/α-hetero) is 1. The molecule has 2 N–H and O–H groups in total. The molecule has 1 aliphatic carbocycles. The molecule has 0 aromatic heterocycles. The lowest BCUT2D eigenvalue weighted by atomic mass is 9.81. The molecule has 0 radical (unpaired) electrons. The van der Waals surface area contributed by atoms with Gasteiger partial charge in [-0.25, -0.2) is 0 Å². The Kier molecular flexibility index (Phi) is 19.7. The highest BCUT2D eigenvalue weighted by Crippen LogP contribution is 2.48. The SMILES string of the molecule is C#CCN(CCCN)CCCOc1ccc(Cl)cc1Cl.CCN1C(=CC=C2CCCC(C=CC3=[N+](CCC(C)=O)c4ccccc4C3(C)C)=C2Cl)C(C)(C)c2ccccc21.O=C=O. The van der Waals surface area contributed by atoms with E-state index in [2.05, 4.69) is 128 Å². The molecule has 6 rings (SSSR count).